The molecular weight excluding hydrogens is 338 g/mol. The van der Waals surface area contributed by atoms with Gasteiger partial charge in [0.15, 0.2) is 0 Å². The highest BCUT2D eigenvalue weighted by Crippen LogP contribution is 2.73. The summed E-state index contributed by atoms with van der Waals surface area (Å²) in [5.74, 6) is -2.82. The number of benzene rings is 1. The van der Waals surface area contributed by atoms with E-state index in [2.05, 4.69) is 0 Å². The lowest BCUT2D eigenvalue weighted by Gasteiger charge is -2.54. The molecule has 2 N–H and O–H groups in total. The van der Waals surface area contributed by atoms with Gasteiger partial charge in [0.2, 0.25) is 0 Å². The van der Waals surface area contributed by atoms with Gasteiger partial charge in [-0.15, -0.1) is 11.8 Å². The van der Waals surface area contributed by atoms with Gasteiger partial charge in [-0.05, 0) is 42.4 Å². The Bertz CT molecular complexity index is 937. The topological polar surface area (TPSA) is 87.0 Å². The van der Waals surface area contributed by atoms with Crippen LogP contribution < -0.4 is 0 Å². The highest BCUT2D eigenvalue weighted by atomic mass is 32.2. The van der Waals surface area contributed by atoms with Crippen LogP contribution in [0.1, 0.15) is 36.5 Å². The van der Waals surface area contributed by atoms with Crippen molar-refractivity contribution in [3.8, 4) is 0 Å². The number of hydrogen-bond donors (Lipinski definition) is 2. The molecule has 2 aliphatic carbocycles. The fourth-order valence-corrected chi connectivity index (χ4v) is 7.68. The van der Waals surface area contributed by atoms with Gasteiger partial charge >= 0.3 is 11.9 Å². The molecule has 0 saturated carbocycles. The zero-order chi connectivity index (χ0) is 17.8. The number of nitrogens with zero attached hydrogens (tertiary/aromatic N) is 1. The zero-order valence-corrected chi connectivity index (χ0v) is 14.6. The highest BCUT2D eigenvalue weighted by Gasteiger charge is 2.76. The summed E-state index contributed by atoms with van der Waals surface area (Å²) >= 11 is 1.53. The molecule has 0 amide bonds. The first-order chi connectivity index (χ1) is 11.8. The minimum Gasteiger partial charge on any atom is -0.481 e. The minimum absolute atomic E-state index is 0.271. The average molecular weight is 355 g/mol. The molecule has 0 fully saturated rings. The zero-order valence-electron chi connectivity index (χ0n) is 13.8. The van der Waals surface area contributed by atoms with Crippen molar-refractivity contribution in [2.45, 2.75) is 36.5 Å². The quantitative estimate of drug-likeness (QED) is 0.852. The van der Waals surface area contributed by atoms with Crippen molar-refractivity contribution in [2.24, 2.45) is 16.3 Å². The van der Waals surface area contributed by atoms with Gasteiger partial charge in [-0.2, -0.15) is 0 Å². The molecule has 1 aromatic rings. The second-order valence-corrected chi connectivity index (χ2v) is 8.77. The fourth-order valence-electron chi connectivity index (χ4n) is 5.94. The summed E-state index contributed by atoms with van der Waals surface area (Å²) in [5.41, 5.74) is 1.14. The van der Waals surface area contributed by atoms with Crippen molar-refractivity contribution in [3.05, 3.63) is 46.4 Å². The molecule has 128 valence electrons. The van der Waals surface area contributed by atoms with Gasteiger partial charge in [-0.3, -0.25) is 14.6 Å². The molecular formula is C19H17NO4S. The molecule has 6 heteroatoms. The maximum Gasteiger partial charge on any atom is 0.317 e. The number of aliphatic carboxylic acids is 2. The Labute approximate surface area is 148 Å². The lowest BCUT2D eigenvalue weighted by Crippen LogP contribution is -2.63. The molecule has 1 spiro atoms. The largest absolute Gasteiger partial charge is 0.481 e. The number of thioether (sulfide) groups is 1. The Balaban J connectivity index is 2.00. The van der Waals surface area contributed by atoms with Crippen LogP contribution in [0.4, 0.5) is 0 Å². The lowest BCUT2D eigenvalue weighted by atomic mass is 9.56. The summed E-state index contributed by atoms with van der Waals surface area (Å²) < 4.78 is -0.713. The molecule has 25 heavy (non-hydrogen) atoms. The number of rotatable bonds is 2. The summed E-state index contributed by atoms with van der Waals surface area (Å²) in [7, 11) is 0. The Hall–Kier alpha value is -2.08. The first-order valence-electron chi connectivity index (χ1n) is 8.30. The normalized spacial score (nSPS) is 42.1. The van der Waals surface area contributed by atoms with E-state index < -0.39 is 33.6 Å². The van der Waals surface area contributed by atoms with E-state index in [0.29, 0.717) is 12.1 Å². The molecule has 4 unspecified atom stereocenters. The van der Waals surface area contributed by atoms with E-state index in [0.717, 1.165) is 16.7 Å². The molecule has 5 atom stereocenters. The SMILES string of the molecule is CC1=NC2(C)C3C=CSC34c3cccc(c3CC14C(=O)O)[C@@H]2C(=O)O. The van der Waals surface area contributed by atoms with Crippen molar-refractivity contribution >= 4 is 29.4 Å². The van der Waals surface area contributed by atoms with Gasteiger partial charge in [0.05, 0.1) is 10.3 Å². The first kappa shape index (κ1) is 15.2. The number of carbonyl (C=O) groups is 2. The van der Waals surface area contributed by atoms with E-state index >= 15 is 0 Å². The summed E-state index contributed by atoms with van der Waals surface area (Å²) in [4.78, 5) is 29.7. The van der Waals surface area contributed by atoms with E-state index in [1.807, 2.05) is 36.6 Å². The van der Waals surface area contributed by atoms with Gasteiger partial charge in [0, 0.05) is 11.6 Å². The minimum atomic E-state index is -1.12. The summed E-state index contributed by atoms with van der Waals surface area (Å²) in [5, 5.41) is 22.3. The Morgan fingerprint density at radius 2 is 2.08 bits per heavy atom. The summed E-state index contributed by atoms with van der Waals surface area (Å²) in [6.45, 7) is 3.64. The van der Waals surface area contributed by atoms with Crippen LogP contribution in [0.15, 0.2) is 34.7 Å². The molecule has 5 nitrogen and oxygen atoms in total. The second kappa shape index (κ2) is 4.18. The Morgan fingerprint density at radius 1 is 1.32 bits per heavy atom. The fraction of sp³-hybridized carbons (Fsp3) is 0.421. The highest BCUT2D eigenvalue weighted by molar-refractivity contribution is 8.03. The molecule has 5 bridgehead atoms. The molecule has 2 aliphatic heterocycles. The van der Waals surface area contributed by atoms with Crippen LogP contribution in [-0.2, 0) is 20.8 Å². The predicted octanol–water partition coefficient (Wildman–Crippen LogP) is 2.80. The van der Waals surface area contributed by atoms with Crippen molar-refractivity contribution in [2.75, 3.05) is 0 Å². The van der Waals surface area contributed by atoms with E-state index in [4.69, 9.17) is 4.99 Å². The molecule has 2 heterocycles. The van der Waals surface area contributed by atoms with Crippen LogP contribution in [0, 0.1) is 11.3 Å². The van der Waals surface area contributed by atoms with E-state index in [9.17, 15) is 19.8 Å². The van der Waals surface area contributed by atoms with Crippen LogP contribution in [0.3, 0.4) is 0 Å². The third-order valence-corrected chi connectivity index (χ3v) is 8.30. The van der Waals surface area contributed by atoms with Crippen LogP contribution in [-0.4, -0.2) is 33.4 Å². The van der Waals surface area contributed by atoms with Crippen LogP contribution >= 0.6 is 11.8 Å². The average Bonchev–Trinajstić information content (AvgIpc) is 3.08. The molecule has 5 rings (SSSR count). The predicted molar refractivity (Wildman–Crippen MR) is 94.0 cm³/mol. The molecule has 0 saturated heterocycles. The third-order valence-electron chi connectivity index (χ3n) is 6.81. The molecule has 0 radical (unpaired) electrons. The number of carboxylic acid groups (broad SMARTS) is 2. The molecule has 1 aromatic carbocycles. The summed E-state index contributed by atoms with van der Waals surface area (Å²) in [6, 6.07) is 5.69. The van der Waals surface area contributed by atoms with Gasteiger partial charge in [0.1, 0.15) is 11.3 Å². The van der Waals surface area contributed by atoms with Crippen molar-refractivity contribution in [1.82, 2.24) is 0 Å². The second-order valence-electron chi connectivity index (χ2n) is 7.61. The van der Waals surface area contributed by atoms with Gasteiger partial charge in [0.25, 0.3) is 0 Å². The van der Waals surface area contributed by atoms with E-state index in [1.165, 1.54) is 11.8 Å². The molecule has 0 aromatic heterocycles. The van der Waals surface area contributed by atoms with Crippen LogP contribution in [0.25, 0.3) is 0 Å². The standard InChI is InChI=1S/C19H17NO4S/c1-9-18(16(23)24)8-11-10-4-3-5-12(11)19(18)13(6-7-25-19)17(2,20-9)14(10)15(21)22/h3-7,13-14H,8H2,1-2H3,(H,21,22)(H,23,24)/t13?,14-,17?,18?,19?/m1/s1. The monoisotopic (exact) mass is 355 g/mol. The van der Waals surface area contributed by atoms with Crippen molar-refractivity contribution in [3.63, 3.8) is 0 Å². The first-order valence-corrected chi connectivity index (χ1v) is 9.18. The maximum absolute atomic E-state index is 12.6. The molecule has 4 aliphatic rings. The Morgan fingerprint density at radius 3 is 2.76 bits per heavy atom. The van der Waals surface area contributed by atoms with Crippen molar-refractivity contribution in [1.29, 1.82) is 0 Å². The van der Waals surface area contributed by atoms with Gasteiger partial charge < -0.3 is 10.2 Å². The number of aliphatic imine (C=N–C) groups is 1. The smallest absolute Gasteiger partial charge is 0.317 e. The van der Waals surface area contributed by atoms with Crippen LogP contribution in [0.2, 0.25) is 0 Å². The lowest BCUT2D eigenvalue weighted by molar-refractivity contribution is -0.148. The van der Waals surface area contributed by atoms with Gasteiger partial charge in [-0.1, -0.05) is 24.3 Å². The maximum atomic E-state index is 12.6. The van der Waals surface area contributed by atoms with Gasteiger partial charge in [-0.25, -0.2) is 0 Å². The number of carboxylic acids is 2. The van der Waals surface area contributed by atoms with Crippen LogP contribution in [0.5, 0.6) is 0 Å². The van der Waals surface area contributed by atoms with Crippen molar-refractivity contribution < 1.29 is 19.8 Å². The van der Waals surface area contributed by atoms with E-state index in [1.54, 1.807) is 6.92 Å². The number of hydrogen-bond acceptors (Lipinski definition) is 4. The Kier molecular flexibility index (Phi) is 2.54. The third kappa shape index (κ3) is 1.30. The van der Waals surface area contributed by atoms with E-state index in [-0.39, 0.29) is 5.92 Å². The summed E-state index contributed by atoms with van der Waals surface area (Å²) in [6.07, 6.45) is 2.30.